The highest BCUT2D eigenvalue weighted by Crippen LogP contribution is 2.21. The molecule has 0 aliphatic heterocycles. The lowest BCUT2D eigenvalue weighted by atomic mass is 10.2. The third kappa shape index (κ3) is 1.56. The molecule has 0 aliphatic rings. The molecule has 1 aromatic heterocycles. The van der Waals surface area contributed by atoms with E-state index in [0.717, 1.165) is 17.1 Å². The van der Waals surface area contributed by atoms with Crippen molar-refractivity contribution in [2.75, 3.05) is 0 Å². The Morgan fingerprint density at radius 2 is 1.53 bits per heavy atom. The Hall–Kier alpha value is -1.57. The fourth-order valence-corrected chi connectivity index (χ4v) is 1.89. The molecule has 2 rings (SSSR count). The number of halogens is 1. The highest BCUT2D eigenvalue weighted by Gasteiger charge is 2.08. The minimum absolute atomic E-state index is 0.153. The summed E-state index contributed by atoms with van der Waals surface area (Å²) in [5.74, 6) is -0.153. The van der Waals surface area contributed by atoms with Crippen molar-refractivity contribution in [3.63, 3.8) is 0 Å². The molecule has 1 aromatic carbocycles. The lowest BCUT2D eigenvalue weighted by molar-refractivity contribution is 0.616. The van der Waals surface area contributed by atoms with Gasteiger partial charge in [0, 0.05) is 17.0 Å². The van der Waals surface area contributed by atoms with Gasteiger partial charge >= 0.3 is 0 Å². The van der Waals surface area contributed by atoms with Crippen molar-refractivity contribution in [2.24, 2.45) is 0 Å². The molecule has 2 aromatic rings. The van der Waals surface area contributed by atoms with Crippen LogP contribution >= 0.6 is 0 Å². The molecular formula is C13H14FN. The first-order valence-corrected chi connectivity index (χ1v) is 5.01. The first-order chi connectivity index (χ1) is 7.11. The first kappa shape index (κ1) is 9.97. The van der Waals surface area contributed by atoms with Crippen molar-refractivity contribution in [3.8, 4) is 5.69 Å². The van der Waals surface area contributed by atoms with Crippen LogP contribution in [0.1, 0.15) is 17.0 Å². The second-order valence-electron chi connectivity index (χ2n) is 3.84. The number of aromatic nitrogens is 1. The summed E-state index contributed by atoms with van der Waals surface area (Å²) in [7, 11) is 0. The first-order valence-electron chi connectivity index (χ1n) is 5.01. The second kappa shape index (κ2) is 3.54. The van der Waals surface area contributed by atoms with Crippen LogP contribution in [0.2, 0.25) is 0 Å². The number of nitrogens with zero attached hydrogens (tertiary/aromatic N) is 1. The molecule has 0 bridgehead atoms. The number of rotatable bonds is 1. The van der Waals surface area contributed by atoms with Crippen LogP contribution in [0.15, 0.2) is 30.3 Å². The maximum Gasteiger partial charge on any atom is 0.128 e. The smallest absolute Gasteiger partial charge is 0.128 e. The Morgan fingerprint density at radius 1 is 0.933 bits per heavy atom. The highest BCUT2D eigenvalue weighted by molar-refractivity contribution is 5.44. The van der Waals surface area contributed by atoms with Crippen molar-refractivity contribution >= 4 is 0 Å². The Kier molecular flexibility index (Phi) is 2.35. The largest absolute Gasteiger partial charge is 0.318 e. The summed E-state index contributed by atoms with van der Waals surface area (Å²) >= 11 is 0. The zero-order valence-corrected chi connectivity index (χ0v) is 9.21. The summed E-state index contributed by atoms with van der Waals surface area (Å²) in [6.07, 6.45) is 0. The van der Waals surface area contributed by atoms with E-state index in [4.69, 9.17) is 0 Å². The van der Waals surface area contributed by atoms with Crippen LogP contribution in [-0.2, 0) is 0 Å². The van der Waals surface area contributed by atoms with Crippen molar-refractivity contribution in [3.05, 3.63) is 53.1 Å². The van der Waals surface area contributed by atoms with E-state index in [2.05, 4.69) is 4.57 Å². The third-order valence-corrected chi connectivity index (χ3v) is 2.75. The fourth-order valence-electron chi connectivity index (χ4n) is 1.89. The molecule has 0 fully saturated rings. The van der Waals surface area contributed by atoms with Crippen LogP contribution in [-0.4, -0.2) is 4.57 Å². The summed E-state index contributed by atoms with van der Waals surface area (Å²) in [4.78, 5) is 0. The number of aryl methyl sites for hydroxylation is 2. The van der Waals surface area contributed by atoms with Crippen LogP contribution in [0.4, 0.5) is 4.39 Å². The summed E-state index contributed by atoms with van der Waals surface area (Å²) < 4.78 is 15.5. The molecule has 0 aliphatic carbocycles. The quantitative estimate of drug-likeness (QED) is 0.668. The van der Waals surface area contributed by atoms with E-state index in [9.17, 15) is 4.39 Å². The molecule has 0 atom stereocenters. The van der Waals surface area contributed by atoms with Crippen LogP contribution in [0.5, 0.6) is 0 Å². The van der Waals surface area contributed by atoms with Gasteiger partial charge in [-0.3, -0.25) is 0 Å². The number of hydrogen-bond donors (Lipinski definition) is 0. The average molecular weight is 203 g/mol. The van der Waals surface area contributed by atoms with E-state index in [1.807, 2.05) is 39.0 Å². The molecule has 78 valence electrons. The molecule has 0 spiro atoms. The van der Waals surface area contributed by atoms with Crippen molar-refractivity contribution in [1.82, 2.24) is 4.57 Å². The van der Waals surface area contributed by atoms with Crippen molar-refractivity contribution in [2.45, 2.75) is 20.8 Å². The zero-order chi connectivity index (χ0) is 11.0. The van der Waals surface area contributed by atoms with E-state index in [1.54, 1.807) is 6.07 Å². The molecule has 2 heteroatoms. The molecule has 15 heavy (non-hydrogen) atoms. The monoisotopic (exact) mass is 203 g/mol. The Bertz CT molecular complexity index is 478. The average Bonchev–Trinajstić information content (AvgIpc) is 2.52. The van der Waals surface area contributed by atoms with Crippen LogP contribution in [0.3, 0.4) is 0 Å². The number of hydrogen-bond acceptors (Lipinski definition) is 0. The third-order valence-electron chi connectivity index (χ3n) is 2.75. The van der Waals surface area contributed by atoms with Gasteiger partial charge in [0.1, 0.15) is 5.82 Å². The topological polar surface area (TPSA) is 4.93 Å². The Labute approximate surface area is 89.2 Å². The number of benzene rings is 1. The lowest BCUT2D eigenvalue weighted by Gasteiger charge is -2.12. The van der Waals surface area contributed by atoms with E-state index >= 15 is 0 Å². The van der Waals surface area contributed by atoms with Gasteiger partial charge in [-0.2, -0.15) is 0 Å². The molecule has 0 N–H and O–H groups in total. The van der Waals surface area contributed by atoms with Gasteiger partial charge in [-0.25, -0.2) is 4.39 Å². The predicted molar refractivity (Wildman–Crippen MR) is 59.9 cm³/mol. The molecule has 1 heterocycles. The van der Waals surface area contributed by atoms with Gasteiger partial charge in [-0.1, -0.05) is 6.07 Å². The van der Waals surface area contributed by atoms with E-state index in [-0.39, 0.29) is 5.82 Å². The molecule has 0 radical (unpaired) electrons. The van der Waals surface area contributed by atoms with Gasteiger partial charge in [-0.15, -0.1) is 0 Å². The van der Waals surface area contributed by atoms with E-state index in [0.29, 0.717) is 5.56 Å². The van der Waals surface area contributed by atoms with E-state index in [1.165, 1.54) is 6.07 Å². The maximum atomic E-state index is 13.4. The summed E-state index contributed by atoms with van der Waals surface area (Å²) in [6.45, 7) is 5.86. The lowest BCUT2D eigenvalue weighted by Crippen LogP contribution is -2.02. The minimum atomic E-state index is -0.153. The molecule has 0 amide bonds. The Balaban J connectivity index is 2.69. The predicted octanol–water partition coefficient (Wildman–Crippen LogP) is 3.54. The molecule has 0 saturated heterocycles. The Morgan fingerprint density at radius 3 is 2.13 bits per heavy atom. The minimum Gasteiger partial charge on any atom is -0.318 e. The fraction of sp³-hybridized carbons (Fsp3) is 0.231. The molecule has 1 nitrogen and oxygen atoms in total. The summed E-state index contributed by atoms with van der Waals surface area (Å²) in [5.41, 5.74) is 3.87. The standard InChI is InChI=1S/C13H14FN/c1-9-7-8-10(2)15(9)13-6-4-5-12(14)11(13)3/h4-8H,1-3H3. The van der Waals surface area contributed by atoms with Crippen molar-refractivity contribution < 1.29 is 4.39 Å². The molecule has 0 saturated carbocycles. The van der Waals surface area contributed by atoms with Gasteiger partial charge in [0.15, 0.2) is 0 Å². The van der Waals surface area contributed by atoms with Gasteiger partial charge in [0.2, 0.25) is 0 Å². The molecular weight excluding hydrogens is 189 g/mol. The van der Waals surface area contributed by atoms with Crippen LogP contribution < -0.4 is 0 Å². The van der Waals surface area contributed by atoms with Crippen molar-refractivity contribution in [1.29, 1.82) is 0 Å². The van der Waals surface area contributed by atoms with Gasteiger partial charge in [-0.05, 0) is 45.0 Å². The highest BCUT2D eigenvalue weighted by atomic mass is 19.1. The second-order valence-corrected chi connectivity index (χ2v) is 3.84. The normalized spacial score (nSPS) is 10.7. The van der Waals surface area contributed by atoms with E-state index < -0.39 is 0 Å². The van der Waals surface area contributed by atoms with Gasteiger partial charge < -0.3 is 4.57 Å². The summed E-state index contributed by atoms with van der Waals surface area (Å²) in [5, 5.41) is 0. The zero-order valence-electron chi connectivity index (χ0n) is 9.21. The van der Waals surface area contributed by atoms with Crippen LogP contribution in [0, 0.1) is 26.6 Å². The van der Waals surface area contributed by atoms with Crippen LogP contribution in [0.25, 0.3) is 5.69 Å². The SMILES string of the molecule is Cc1c(F)cccc1-n1c(C)ccc1C. The molecule has 0 unspecified atom stereocenters. The van der Waals surface area contributed by atoms with Gasteiger partial charge in [0.25, 0.3) is 0 Å². The summed E-state index contributed by atoms with van der Waals surface area (Å²) in [6, 6.07) is 9.27. The maximum absolute atomic E-state index is 13.4. The van der Waals surface area contributed by atoms with Gasteiger partial charge in [0.05, 0.1) is 5.69 Å².